The Bertz CT molecular complexity index is 760. The number of ether oxygens (including phenoxy) is 1. The Morgan fingerprint density at radius 1 is 1.10 bits per heavy atom. The highest BCUT2D eigenvalue weighted by atomic mass is 16.5. The topological polar surface area (TPSA) is 69.4 Å². The molecule has 3 unspecified atom stereocenters. The quantitative estimate of drug-likeness (QED) is 0.526. The first-order chi connectivity index (χ1) is 14.2. The highest BCUT2D eigenvalue weighted by Gasteiger charge is 2.29. The van der Waals surface area contributed by atoms with Crippen molar-refractivity contribution in [2.45, 2.75) is 76.4 Å². The van der Waals surface area contributed by atoms with E-state index in [0.29, 0.717) is 18.2 Å². The van der Waals surface area contributed by atoms with Crippen molar-refractivity contribution >= 4 is 11.3 Å². The standard InChI is InChI=1S/C23H35N5O/c1-15-12-21(26-18-5-2-6-18)28-23(25-15)27-19-13-17-8-11-29-22(17)20(14-19)16-4-3-9-24-10-7-16/h7,13-15,18,21,23-28H,2-6,8-12H2,1H3. The normalized spacial score (nSPS) is 30.0. The van der Waals surface area contributed by atoms with E-state index in [4.69, 9.17) is 4.74 Å². The number of nitrogens with one attached hydrogen (secondary N) is 5. The monoisotopic (exact) mass is 397 g/mol. The van der Waals surface area contributed by atoms with Crippen LogP contribution in [-0.2, 0) is 6.42 Å². The zero-order valence-corrected chi connectivity index (χ0v) is 17.5. The summed E-state index contributed by atoms with van der Waals surface area (Å²) in [6.07, 6.45) is 11.2. The maximum absolute atomic E-state index is 6.03. The number of hydrogen-bond donors (Lipinski definition) is 5. The third-order valence-electron chi connectivity index (χ3n) is 6.68. The fourth-order valence-corrected chi connectivity index (χ4v) is 4.93. The van der Waals surface area contributed by atoms with E-state index in [1.54, 1.807) is 0 Å². The van der Waals surface area contributed by atoms with E-state index in [2.05, 4.69) is 51.7 Å². The lowest BCUT2D eigenvalue weighted by atomic mass is 9.92. The lowest BCUT2D eigenvalue weighted by Gasteiger charge is -2.40. The molecule has 1 aromatic carbocycles. The van der Waals surface area contributed by atoms with Gasteiger partial charge in [-0.15, -0.1) is 0 Å². The summed E-state index contributed by atoms with van der Waals surface area (Å²) in [5, 5.41) is 18.4. The van der Waals surface area contributed by atoms with Gasteiger partial charge in [-0.1, -0.05) is 12.5 Å². The molecular formula is C23H35N5O. The van der Waals surface area contributed by atoms with Gasteiger partial charge in [0.1, 0.15) is 12.0 Å². The van der Waals surface area contributed by atoms with E-state index in [-0.39, 0.29) is 6.29 Å². The van der Waals surface area contributed by atoms with Gasteiger partial charge >= 0.3 is 0 Å². The molecule has 3 aliphatic heterocycles. The second-order valence-corrected chi connectivity index (χ2v) is 9.04. The highest BCUT2D eigenvalue weighted by molar-refractivity contribution is 5.76. The van der Waals surface area contributed by atoms with Crippen molar-refractivity contribution < 1.29 is 4.74 Å². The fourth-order valence-electron chi connectivity index (χ4n) is 4.93. The lowest BCUT2D eigenvalue weighted by molar-refractivity contribution is 0.197. The summed E-state index contributed by atoms with van der Waals surface area (Å²) in [7, 11) is 0. The number of benzene rings is 1. The summed E-state index contributed by atoms with van der Waals surface area (Å²) >= 11 is 0. The molecule has 6 heteroatoms. The molecule has 3 atom stereocenters. The van der Waals surface area contributed by atoms with Gasteiger partial charge < -0.3 is 15.4 Å². The van der Waals surface area contributed by atoms with Crippen LogP contribution < -0.4 is 31.3 Å². The van der Waals surface area contributed by atoms with Crippen molar-refractivity contribution in [3.8, 4) is 5.75 Å². The molecule has 5 rings (SSSR count). The molecule has 1 saturated heterocycles. The highest BCUT2D eigenvalue weighted by Crippen LogP contribution is 2.38. The Balaban J connectivity index is 1.34. The van der Waals surface area contributed by atoms with E-state index in [1.165, 1.54) is 48.1 Å². The number of anilines is 1. The Morgan fingerprint density at radius 3 is 2.90 bits per heavy atom. The lowest BCUT2D eigenvalue weighted by Crippen LogP contribution is -2.65. The summed E-state index contributed by atoms with van der Waals surface area (Å²) in [6, 6.07) is 5.73. The van der Waals surface area contributed by atoms with E-state index >= 15 is 0 Å². The number of allylic oxidation sites excluding steroid dienone is 1. The van der Waals surface area contributed by atoms with Crippen LogP contribution in [0.2, 0.25) is 0 Å². The molecule has 0 aromatic heterocycles. The zero-order chi connectivity index (χ0) is 19.6. The molecule has 0 amide bonds. The predicted molar refractivity (Wildman–Crippen MR) is 118 cm³/mol. The van der Waals surface area contributed by atoms with Gasteiger partial charge in [0.05, 0.1) is 12.8 Å². The van der Waals surface area contributed by atoms with Crippen LogP contribution in [0.15, 0.2) is 18.2 Å². The molecule has 1 aromatic rings. The van der Waals surface area contributed by atoms with Crippen molar-refractivity contribution in [2.75, 3.05) is 25.0 Å². The smallest absolute Gasteiger partial charge is 0.133 e. The third-order valence-corrected chi connectivity index (χ3v) is 6.68. The third kappa shape index (κ3) is 4.45. The average Bonchev–Trinajstić information content (AvgIpc) is 2.97. The Labute approximate surface area is 174 Å². The van der Waals surface area contributed by atoms with Crippen LogP contribution in [0, 0.1) is 0 Å². The van der Waals surface area contributed by atoms with E-state index in [9.17, 15) is 0 Å². The molecular weight excluding hydrogens is 362 g/mol. The minimum Gasteiger partial charge on any atom is -0.492 e. The summed E-state index contributed by atoms with van der Waals surface area (Å²) in [4.78, 5) is 0. The minimum absolute atomic E-state index is 0.0642. The zero-order valence-electron chi connectivity index (χ0n) is 17.5. The van der Waals surface area contributed by atoms with Gasteiger partial charge in [0.2, 0.25) is 0 Å². The van der Waals surface area contributed by atoms with Crippen molar-refractivity contribution in [1.29, 1.82) is 0 Å². The van der Waals surface area contributed by atoms with E-state index in [0.717, 1.165) is 44.7 Å². The van der Waals surface area contributed by atoms with Gasteiger partial charge in [-0.3, -0.25) is 16.0 Å². The van der Waals surface area contributed by atoms with Gasteiger partial charge in [-0.2, -0.15) is 0 Å². The Morgan fingerprint density at radius 2 is 2.03 bits per heavy atom. The molecule has 4 aliphatic rings. The van der Waals surface area contributed by atoms with Gasteiger partial charge in [0.25, 0.3) is 0 Å². The largest absolute Gasteiger partial charge is 0.492 e. The molecule has 158 valence electrons. The van der Waals surface area contributed by atoms with E-state index < -0.39 is 0 Å². The van der Waals surface area contributed by atoms with Gasteiger partial charge in [-0.25, -0.2) is 0 Å². The second kappa shape index (κ2) is 8.64. The summed E-state index contributed by atoms with van der Waals surface area (Å²) in [5.41, 5.74) is 5.19. The van der Waals surface area contributed by atoms with Crippen molar-refractivity contribution in [3.05, 3.63) is 29.3 Å². The first-order valence-electron chi connectivity index (χ1n) is 11.5. The molecule has 0 bridgehead atoms. The summed E-state index contributed by atoms with van der Waals surface area (Å²) in [5.74, 6) is 1.10. The summed E-state index contributed by atoms with van der Waals surface area (Å²) in [6.45, 7) is 5.10. The number of hydrogen-bond acceptors (Lipinski definition) is 6. The maximum atomic E-state index is 6.03. The van der Waals surface area contributed by atoms with Crippen LogP contribution in [0.4, 0.5) is 5.69 Å². The number of rotatable bonds is 5. The molecule has 5 N–H and O–H groups in total. The maximum Gasteiger partial charge on any atom is 0.133 e. The molecule has 0 radical (unpaired) electrons. The first kappa shape index (κ1) is 19.4. The Kier molecular flexibility index (Phi) is 5.77. The molecule has 1 saturated carbocycles. The van der Waals surface area contributed by atoms with Crippen LogP contribution in [0.5, 0.6) is 5.75 Å². The van der Waals surface area contributed by atoms with Crippen LogP contribution in [0.25, 0.3) is 5.57 Å². The SMILES string of the molecule is CC1CC(NC2CCC2)NC(Nc2cc3c(c(C4=CCNCCC4)c2)OCC3)N1. The van der Waals surface area contributed by atoms with Crippen LogP contribution in [0.3, 0.4) is 0 Å². The van der Waals surface area contributed by atoms with Crippen molar-refractivity contribution in [2.24, 2.45) is 0 Å². The number of fused-ring (bicyclic) bond motifs is 1. The van der Waals surface area contributed by atoms with Crippen molar-refractivity contribution in [1.82, 2.24) is 21.3 Å². The second-order valence-electron chi connectivity index (χ2n) is 9.04. The molecule has 1 aliphatic carbocycles. The summed E-state index contributed by atoms with van der Waals surface area (Å²) < 4.78 is 6.03. The molecule has 2 fully saturated rings. The van der Waals surface area contributed by atoms with E-state index in [1.807, 2.05) is 0 Å². The van der Waals surface area contributed by atoms with Crippen LogP contribution in [-0.4, -0.2) is 44.2 Å². The van der Waals surface area contributed by atoms with Crippen molar-refractivity contribution in [3.63, 3.8) is 0 Å². The molecule has 29 heavy (non-hydrogen) atoms. The van der Waals surface area contributed by atoms with Gasteiger partial charge in [0.15, 0.2) is 0 Å². The average molecular weight is 398 g/mol. The molecule has 0 spiro atoms. The fraction of sp³-hybridized carbons (Fsp3) is 0.652. The first-order valence-corrected chi connectivity index (χ1v) is 11.5. The Hall–Kier alpha value is -1.60. The van der Waals surface area contributed by atoms with Gasteiger partial charge in [0, 0.05) is 41.9 Å². The minimum atomic E-state index is 0.0642. The molecule has 6 nitrogen and oxygen atoms in total. The van der Waals surface area contributed by atoms with Gasteiger partial charge in [-0.05, 0) is 63.3 Å². The molecule has 3 heterocycles. The predicted octanol–water partition coefficient (Wildman–Crippen LogP) is 2.52. The van der Waals surface area contributed by atoms with Crippen LogP contribution >= 0.6 is 0 Å². The van der Waals surface area contributed by atoms with Crippen LogP contribution in [0.1, 0.15) is 56.6 Å².